The van der Waals surface area contributed by atoms with E-state index in [0.717, 1.165) is 12.1 Å². The Morgan fingerprint density at radius 2 is 1.94 bits per heavy atom. The summed E-state index contributed by atoms with van der Waals surface area (Å²) in [6.07, 6.45) is 5.17. The summed E-state index contributed by atoms with van der Waals surface area (Å²) in [4.78, 5) is 18.4. The molecule has 1 aromatic carbocycles. The van der Waals surface area contributed by atoms with Gasteiger partial charge in [-0.2, -0.15) is 4.31 Å². The minimum atomic E-state index is -3.58. The first-order valence-electron chi connectivity index (χ1n) is 10.6. The zero-order chi connectivity index (χ0) is 22.9. The Labute approximate surface area is 186 Å². The smallest absolute Gasteiger partial charge is 0.249 e. The van der Waals surface area contributed by atoms with Crippen molar-refractivity contribution in [1.29, 1.82) is 0 Å². The number of sulfonamides is 1. The minimum absolute atomic E-state index is 0.0000360. The molecule has 3 heterocycles. The molecule has 32 heavy (non-hydrogen) atoms. The highest BCUT2D eigenvalue weighted by atomic mass is 32.2. The average Bonchev–Trinajstić information content (AvgIpc) is 3.34. The van der Waals surface area contributed by atoms with E-state index >= 15 is 0 Å². The maximum atomic E-state index is 13.2. The number of rotatable bonds is 8. The van der Waals surface area contributed by atoms with E-state index in [4.69, 9.17) is 4.74 Å². The molecule has 0 radical (unpaired) electrons. The lowest BCUT2D eigenvalue weighted by molar-refractivity contribution is -0.115. The van der Waals surface area contributed by atoms with Crippen molar-refractivity contribution in [2.75, 3.05) is 19.7 Å². The first kappa shape index (κ1) is 22.6. The van der Waals surface area contributed by atoms with Gasteiger partial charge < -0.3 is 9.64 Å². The Hall–Kier alpha value is -2.59. The van der Waals surface area contributed by atoms with Crippen molar-refractivity contribution in [3.8, 4) is 5.75 Å². The molecule has 0 saturated carbocycles. The first-order valence-corrected chi connectivity index (χ1v) is 12.0. The second kappa shape index (κ2) is 8.74. The van der Waals surface area contributed by atoms with Crippen molar-refractivity contribution in [2.24, 2.45) is 0 Å². The lowest BCUT2D eigenvalue weighted by Gasteiger charge is -2.32. The number of ether oxygens (including phenoxy) is 1. The van der Waals surface area contributed by atoms with Crippen LogP contribution in [0.2, 0.25) is 0 Å². The Kier molecular flexibility index (Phi) is 6.17. The average molecular weight is 466 g/mol. The lowest BCUT2D eigenvalue weighted by Crippen LogP contribution is -2.43. The molecule has 0 bridgehead atoms. The molecule has 1 unspecified atom stereocenters. The van der Waals surface area contributed by atoms with Crippen molar-refractivity contribution in [3.05, 3.63) is 54.4 Å². The highest BCUT2D eigenvalue weighted by molar-refractivity contribution is 7.89. The SMILES string of the molecule is CC1(CCCOc2ccc(F)c(F)c2)C(=O)N1C1CCN(S(=O)(=O)c2cccnc2)CC1. The van der Waals surface area contributed by atoms with Crippen LogP contribution in [0.1, 0.15) is 32.6 Å². The van der Waals surface area contributed by atoms with Crippen molar-refractivity contribution in [2.45, 2.75) is 49.1 Å². The number of nitrogens with zero attached hydrogens (tertiary/aromatic N) is 3. The van der Waals surface area contributed by atoms with E-state index in [2.05, 4.69) is 4.98 Å². The quantitative estimate of drug-likeness (QED) is 0.442. The van der Waals surface area contributed by atoms with Crippen LogP contribution in [0.25, 0.3) is 0 Å². The standard InChI is InChI=1S/C22H25F2N3O4S/c1-22(9-3-13-31-17-5-6-19(23)20(24)14-17)21(28)27(22)16-7-11-26(12-8-16)32(29,30)18-4-2-10-25-15-18/h2,4-6,10,14-16H,3,7-9,11-13H2,1H3. The fraction of sp³-hybridized carbons (Fsp3) is 0.455. The van der Waals surface area contributed by atoms with Gasteiger partial charge in [-0.05, 0) is 56.9 Å². The van der Waals surface area contributed by atoms with Crippen LogP contribution < -0.4 is 4.74 Å². The number of amides is 1. The van der Waals surface area contributed by atoms with Gasteiger partial charge in [0.05, 0.1) is 6.61 Å². The van der Waals surface area contributed by atoms with Gasteiger partial charge in [-0.25, -0.2) is 17.2 Å². The molecule has 1 amide bonds. The van der Waals surface area contributed by atoms with Gasteiger partial charge in [-0.1, -0.05) is 0 Å². The molecule has 7 nitrogen and oxygen atoms in total. The predicted molar refractivity (Wildman–Crippen MR) is 112 cm³/mol. The Bertz CT molecular complexity index is 1090. The second-order valence-corrected chi connectivity index (χ2v) is 10.2. The summed E-state index contributed by atoms with van der Waals surface area (Å²) in [6.45, 7) is 2.86. The topological polar surface area (TPSA) is 79.6 Å². The van der Waals surface area contributed by atoms with E-state index in [1.807, 2.05) is 11.8 Å². The molecular formula is C22H25F2N3O4S. The maximum Gasteiger partial charge on any atom is 0.249 e. The fourth-order valence-electron chi connectivity index (χ4n) is 4.32. The second-order valence-electron chi connectivity index (χ2n) is 8.30. The van der Waals surface area contributed by atoms with Crippen LogP contribution in [0.15, 0.2) is 47.6 Å². The van der Waals surface area contributed by atoms with Gasteiger partial charge in [0, 0.05) is 37.6 Å². The summed E-state index contributed by atoms with van der Waals surface area (Å²) >= 11 is 0. The highest BCUT2D eigenvalue weighted by Crippen LogP contribution is 2.43. The molecule has 1 atom stereocenters. The summed E-state index contributed by atoms with van der Waals surface area (Å²) in [5.41, 5.74) is -0.591. The number of carbonyl (C=O) groups excluding carboxylic acids is 1. The molecule has 10 heteroatoms. The van der Waals surface area contributed by atoms with Gasteiger partial charge in [0.2, 0.25) is 15.9 Å². The minimum Gasteiger partial charge on any atom is -0.493 e. The predicted octanol–water partition coefficient (Wildman–Crippen LogP) is 2.97. The van der Waals surface area contributed by atoms with Crippen LogP contribution in [0.5, 0.6) is 5.75 Å². The summed E-state index contributed by atoms with van der Waals surface area (Å²) in [6, 6.07) is 6.50. The number of aromatic nitrogens is 1. The molecule has 0 spiro atoms. The van der Waals surface area contributed by atoms with E-state index in [0.29, 0.717) is 38.8 Å². The van der Waals surface area contributed by atoms with Crippen LogP contribution in [0, 0.1) is 11.6 Å². The number of hydrogen-bond donors (Lipinski definition) is 0. The van der Waals surface area contributed by atoms with E-state index in [9.17, 15) is 22.0 Å². The molecule has 2 saturated heterocycles. The van der Waals surface area contributed by atoms with E-state index in [1.165, 1.54) is 28.8 Å². The third kappa shape index (κ3) is 4.33. The Morgan fingerprint density at radius 1 is 1.19 bits per heavy atom. The van der Waals surface area contributed by atoms with E-state index < -0.39 is 27.2 Å². The van der Waals surface area contributed by atoms with Crippen LogP contribution in [0.4, 0.5) is 8.78 Å². The highest BCUT2D eigenvalue weighted by Gasteiger charge is 2.60. The van der Waals surface area contributed by atoms with Crippen molar-refractivity contribution < 1.29 is 26.7 Å². The molecule has 2 aromatic rings. The monoisotopic (exact) mass is 465 g/mol. The molecule has 2 aliphatic heterocycles. The fourth-order valence-corrected chi connectivity index (χ4v) is 5.75. The number of carbonyl (C=O) groups is 1. The molecular weight excluding hydrogens is 440 g/mol. The van der Waals surface area contributed by atoms with Crippen LogP contribution in [-0.2, 0) is 14.8 Å². The summed E-state index contributed by atoms with van der Waals surface area (Å²) < 4.78 is 58.6. The summed E-state index contributed by atoms with van der Waals surface area (Å²) in [5.74, 6) is -1.59. The van der Waals surface area contributed by atoms with Crippen LogP contribution in [-0.4, -0.2) is 59.8 Å². The van der Waals surface area contributed by atoms with Crippen molar-refractivity contribution >= 4 is 15.9 Å². The molecule has 2 fully saturated rings. The summed E-state index contributed by atoms with van der Waals surface area (Å²) in [7, 11) is -3.58. The summed E-state index contributed by atoms with van der Waals surface area (Å²) in [5, 5.41) is 0. The van der Waals surface area contributed by atoms with E-state index in [1.54, 1.807) is 6.07 Å². The first-order chi connectivity index (χ1) is 15.2. The van der Waals surface area contributed by atoms with Gasteiger partial charge in [0.1, 0.15) is 16.2 Å². The Balaban J connectivity index is 1.26. The Morgan fingerprint density at radius 3 is 2.59 bits per heavy atom. The lowest BCUT2D eigenvalue weighted by atomic mass is 10.0. The maximum absolute atomic E-state index is 13.2. The molecule has 0 N–H and O–H groups in total. The van der Waals surface area contributed by atoms with Gasteiger partial charge in [0.25, 0.3) is 0 Å². The number of halogens is 2. The number of piperidine rings is 1. The number of pyridine rings is 1. The number of benzene rings is 1. The largest absolute Gasteiger partial charge is 0.493 e. The van der Waals surface area contributed by atoms with Crippen LogP contribution in [0.3, 0.4) is 0 Å². The van der Waals surface area contributed by atoms with Gasteiger partial charge in [-0.3, -0.25) is 9.78 Å². The zero-order valence-corrected chi connectivity index (χ0v) is 18.5. The molecule has 4 rings (SSSR count). The normalized spacial score (nSPS) is 22.2. The third-order valence-electron chi connectivity index (χ3n) is 6.19. The van der Waals surface area contributed by atoms with Gasteiger partial charge in [-0.15, -0.1) is 0 Å². The van der Waals surface area contributed by atoms with Crippen molar-refractivity contribution in [3.63, 3.8) is 0 Å². The number of hydrogen-bond acceptors (Lipinski definition) is 5. The van der Waals surface area contributed by atoms with Gasteiger partial charge >= 0.3 is 0 Å². The third-order valence-corrected chi connectivity index (χ3v) is 8.07. The molecule has 172 valence electrons. The zero-order valence-electron chi connectivity index (χ0n) is 17.7. The van der Waals surface area contributed by atoms with Gasteiger partial charge in [0.15, 0.2) is 11.6 Å². The molecule has 0 aliphatic carbocycles. The van der Waals surface area contributed by atoms with Crippen LogP contribution >= 0.6 is 0 Å². The van der Waals surface area contributed by atoms with E-state index in [-0.39, 0.29) is 29.2 Å². The van der Waals surface area contributed by atoms with Crippen molar-refractivity contribution in [1.82, 2.24) is 14.2 Å². The molecule has 1 aromatic heterocycles. The molecule has 2 aliphatic rings.